The Morgan fingerprint density at radius 2 is 2.16 bits per heavy atom. The normalized spacial score (nSPS) is 17.4. The Bertz CT molecular complexity index is 769. The molecule has 1 amide bonds. The van der Waals surface area contributed by atoms with Crippen molar-refractivity contribution in [1.29, 1.82) is 0 Å². The third-order valence-electron chi connectivity index (χ3n) is 4.57. The zero-order chi connectivity index (χ0) is 18.1. The summed E-state index contributed by atoms with van der Waals surface area (Å²) in [6.45, 7) is 6.69. The molecule has 25 heavy (non-hydrogen) atoms. The van der Waals surface area contributed by atoms with Crippen molar-refractivity contribution in [2.75, 3.05) is 25.5 Å². The molecule has 1 saturated heterocycles. The lowest BCUT2D eigenvalue weighted by Crippen LogP contribution is -2.31. The summed E-state index contributed by atoms with van der Waals surface area (Å²) in [6.07, 6.45) is 3.47. The fourth-order valence-electron chi connectivity index (χ4n) is 3.09. The van der Waals surface area contributed by atoms with Gasteiger partial charge in [0.25, 0.3) is 5.91 Å². The van der Waals surface area contributed by atoms with Crippen LogP contribution in [0.2, 0.25) is 0 Å². The number of anilines is 1. The fourth-order valence-corrected chi connectivity index (χ4v) is 3.09. The van der Waals surface area contributed by atoms with Gasteiger partial charge in [0.2, 0.25) is 5.95 Å². The van der Waals surface area contributed by atoms with E-state index in [1.807, 2.05) is 36.9 Å². The third-order valence-corrected chi connectivity index (χ3v) is 4.57. The number of rotatable bonds is 4. The Balaban J connectivity index is 1.85. The number of hydrogen-bond acceptors (Lipinski definition) is 6. The van der Waals surface area contributed by atoms with Crippen molar-refractivity contribution < 1.29 is 9.32 Å². The van der Waals surface area contributed by atoms with Crippen LogP contribution in [0.3, 0.4) is 0 Å². The molecule has 0 bridgehead atoms. The number of aryl methyl sites for hydroxylation is 1. The van der Waals surface area contributed by atoms with Crippen LogP contribution < -0.4 is 4.90 Å². The smallest absolute Gasteiger partial charge is 0.257 e. The lowest BCUT2D eigenvalue weighted by atomic mass is 10.1. The first kappa shape index (κ1) is 17.4. The molecule has 0 aliphatic carbocycles. The zero-order valence-corrected chi connectivity index (χ0v) is 15.5. The SMILES string of the molecule is Cc1nc(N(C)C)ncc1C(=O)N1CCC[C@H]1c1cc(C(C)C)on1. The van der Waals surface area contributed by atoms with Crippen LogP contribution in [0.15, 0.2) is 16.8 Å². The van der Waals surface area contributed by atoms with Crippen LogP contribution in [0.25, 0.3) is 0 Å². The van der Waals surface area contributed by atoms with Crippen LogP contribution in [0.1, 0.15) is 66.2 Å². The molecule has 7 nitrogen and oxygen atoms in total. The highest BCUT2D eigenvalue weighted by Crippen LogP contribution is 2.34. The van der Waals surface area contributed by atoms with E-state index in [1.54, 1.807) is 6.20 Å². The summed E-state index contributed by atoms with van der Waals surface area (Å²) in [5, 5.41) is 4.20. The van der Waals surface area contributed by atoms with Gasteiger partial charge in [0, 0.05) is 38.8 Å². The van der Waals surface area contributed by atoms with E-state index in [2.05, 4.69) is 29.0 Å². The number of hydrogen-bond donors (Lipinski definition) is 0. The predicted molar refractivity (Wildman–Crippen MR) is 94.7 cm³/mol. The molecule has 3 rings (SSSR count). The Morgan fingerprint density at radius 3 is 2.76 bits per heavy atom. The van der Waals surface area contributed by atoms with Crippen molar-refractivity contribution in [1.82, 2.24) is 20.0 Å². The summed E-state index contributed by atoms with van der Waals surface area (Å²) in [6, 6.07) is 1.93. The highest BCUT2D eigenvalue weighted by molar-refractivity contribution is 5.95. The molecule has 3 heterocycles. The summed E-state index contributed by atoms with van der Waals surface area (Å²) < 4.78 is 5.42. The molecule has 1 fully saturated rings. The van der Waals surface area contributed by atoms with Crippen molar-refractivity contribution in [2.24, 2.45) is 0 Å². The maximum Gasteiger partial charge on any atom is 0.257 e. The lowest BCUT2D eigenvalue weighted by molar-refractivity contribution is 0.0729. The van der Waals surface area contributed by atoms with Crippen LogP contribution >= 0.6 is 0 Å². The van der Waals surface area contributed by atoms with Crippen molar-refractivity contribution in [3.63, 3.8) is 0 Å². The third kappa shape index (κ3) is 3.36. The van der Waals surface area contributed by atoms with Gasteiger partial charge in [0.1, 0.15) is 11.5 Å². The molecule has 0 spiro atoms. The Labute approximate surface area is 148 Å². The van der Waals surface area contributed by atoms with Gasteiger partial charge < -0.3 is 14.3 Å². The molecule has 1 atom stereocenters. The molecule has 1 aliphatic heterocycles. The molecular formula is C18H25N5O2. The zero-order valence-electron chi connectivity index (χ0n) is 15.5. The van der Waals surface area contributed by atoms with Crippen molar-refractivity contribution >= 4 is 11.9 Å². The Hall–Kier alpha value is -2.44. The fraction of sp³-hybridized carbons (Fsp3) is 0.556. The minimum Gasteiger partial charge on any atom is -0.361 e. The van der Waals surface area contributed by atoms with Crippen molar-refractivity contribution in [3.05, 3.63) is 35.0 Å². The number of carbonyl (C=O) groups is 1. The van der Waals surface area contributed by atoms with E-state index in [-0.39, 0.29) is 17.9 Å². The molecule has 0 N–H and O–H groups in total. The molecule has 0 aromatic carbocycles. The van der Waals surface area contributed by atoms with Crippen LogP contribution in [-0.4, -0.2) is 46.6 Å². The van der Waals surface area contributed by atoms with Gasteiger partial charge in [-0.25, -0.2) is 9.97 Å². The summed E-state index contributed by atoms with van der Waals surface area (Å²) in [4.78, 5) is 25.4. The number of amides is 1. The van der Waals surface area contributed by atoms with Gasteiger partial charge in [0.05, 0.1) is 17.3 Å². The first-order chi connectivity index (χ1) is 11.9. The van der Waals surface area contributed by atoms with E-state index in [4.69, 9.17) is 4.52 Å². The van der Waals surface area contributed by atoms with E-state index in [0.29, 0.717) is 23.8 Å². The Kier molecular flexibility index (Phi) is 4.74. The highest BCUT2D eigenvalue weighted by atomic mass is 16.5. The highest BCUT2D eigenvalue weighted by Gasteiger charge is 2.34. The second-order valence-corrected chi connectivity index (χ2v) is 7.03. The monoisotopic (exact) mass is 343 g/mol. The van der Waals surface area contributed by atoms with Gasteiger partial charge in [-0.3, -0.25) is 4.79 Å². The van der Waals surface area contributed by atoms with Gasteiger partial charge >= 0.3 is 0 Å². The largest absolute Gasteiger partial charge is 0.361 e. The van der Waals surface area contributed by atoms with Crippen LogP contribution in [0, 0.1) is 6.92 Å². The molecule has 1 aliphatic rings. The minimum atomic E-state index is -0.0447. The van der Waals surface area contributed by atoms with Crippen LogP contribution in [0.5, 0.6) is 0 Å². The van der Waals surface area contributed by atoms with Crippen LogP contribution in [-0.2, 0) is 0 Å². The first-order valence-electron chi connectivity index (χ1n) is 8.67. The van der Waals surface area contributed by atoms with E-state index >= 15 is 0 Å². The molecule has 134 valence electrons. The van der Waals surface area contributed by atoms with E-state index in [9.17, 15) is 4.79 Å². The van der Waals surface area contributed by atoms with E-state index in [1.165, 1.54) is 0 Å². The van der Waals surface area contributed by atoms with E-state index < -0.39 is 0 Å². The molecule has 0 unspecified atom stereocenters. The molecule has 2 aromatic rings. The first-order valence-corrected chi connectivity index (χ1v) is 8.67. The molecule has 7 heteroatoms. The van der Waals surface area contributed by atoms with Gasteiger partial charge in [0.15, 0.2) is 0 Å². The Morgan fingerprint density at radius 1 is 1.40 bits per heavy atom. The summed E-state index contributed by atoms with van der Waals surface area (Å²) in [7, 11) is 3.76. The quantitative estimate of drug-likeness (QED) is 0.849. The van der Waals surface area contributed by atoms with Gasteiger partial charge in [-0.2, -0.15) is 0 Å². The maximum atomic E-state index is 13.0. The molecule has 2 aromatic heterocycles. The summed E-state index contributed by atoms with van der Waals surface area (Å²) >= 11 is 0. The average Bonchev–Trinajstić information content (AvgIpc) is 3.22. The average molecular weight is 343 g/mol. The molecular weight excluding hydrogens is 318 g/mol. The van der Waals surface area contributed by atoms with Crippen molar-refractivity contribution in [2.45, 2.75) is 45.6 Å². The lowest BCUT2D eigenvalue weighted by Gasteiger charge is -2.23. The topological polar surface area (TPSA) is 75.4 Å². The number of aromatic nitrogens is 3. The summed E-state index contributed by atoms with van der Waals surface area (Å²) in [5.41, 5.74) is 2.07. The maximum absolute atomic E-state index is 13.0. The summed E-state index contributed by atoms with van der Waals surface area (Å²) in [5.74, 6) is 1.69. The van der Waals surface area contributed by atoms with Crippen molar-refractivity contribution in [3.8, 4) is 0 Å². The van der Waals surface area contributed by atoms with Gasteiger partial charge in [-0.1, -0.05) is 19.0 Å². The second kappa shape index (κ2) is 6.82. The molecule has 0 saturated carbocycles. The number of carbonyl (C=O) groups excluding carboxylic acids is 1. The molecule has 0 radical (unpaired) electrons. The predicted octanol–water partition coefficient (Wildman–Crippen LogP) is 2.94. The second-order valence-electron chi connectivity index (χ2n) is 7.03. The van der Waals surface area contributed by atoms with Gasteiger partial charge in [-0.05, 0) is 19.8 Å². The van der Waals surface area contributed by atoms with Gasteiger partial charge in [-0.15, -0.1) is 0 Å². The van der Waals surface area contributed by atoms with Crippen LogP contribution in [0.4, 0.5) is 5.95 Å². The number of nitrogens with zero attached hydrogens (tertiary/aromatic N) is 5. The minimum absolute atomic E-state index is 0.0422. The van der Waals surface area contributed by atoms with E-state index in [0.717, 1.165) is 24.3 Å². The number of likely N-dealkylation sites (tertiary alicyclic amines) is 1. The standard InChI is InChI=1S/C18H25N5O2/c1-11(2)16-9-14(21-25-16)15-7-6-8-23(15)17(24)13-10-19-18(22(4)5)20-12(13)3/h9-11,15H,6-8H2,1-5H3/t15-/m0/s1.